The zero-order chi connectivity index (χ0) is 25.2. The van der Waals surface area contributed by atoms with Crippen molar-refractivity contribution in [3.8, 4) is 22.6 Å². The molecule has 0 saturated heterocycles. The van der Waals surface area contributed by atoms with E-state index in [9.17, 15) is 18.0 Å². The van der Waals surface area contributed by atoms with Gasteiger partial charge in [-0.25, -0.2) is 4.79 Å². The molecule has 0 bridgehead atoms. The number of aryl methyl sites for hydroxylation is 1. The number of aliphatic carboxylic acids is 1. The quantitative estimate of drug-likeness (QED) is 0.320. The Morgan fingerprint density at radius 3 is 2.43 bits per heavy atom. The van der Waals surface area contributed by atoms with Gasteiger partial charge in [-0.3, -0.25) is 4.98 Å². The van der Waals surface area contributed by atoms with Crippen molar-refractivity contribution >= 4 is 16.9 Å². The van der Waals surface area contributed by atoms with Gasteiger partial charge in [0.05, 0.1) is 11.1 Å². The lowest BCUT2D eigenvalue weighted by Gasteiger charge is -2.15. The Hall–Kier alpha value is -4.07. The summed E-state index contributed by atoms with van der Waals surface area (Å²) in [6, 6.07) is 18.1. The summed E-state index contributed by atoms with van der Waals surface area (Å²) in [5.74, 6) is -0.0632. The lowest BCUT2D eigenvalue weighted by Crippen LogP contribution is -2.22. The number of nitrogens with zero attached hydrogens (tertiary/aromatic N) is 1. The van der Waals surface area contributed by atoms with Crippen molar-refractivity contribution < 1.29 is 32.5 Å². The van der Waals surface area contributed by atoms with Gasteiger partial charge in [0.25, 0.3) is 0 Å². The lowest BCUT2D eigenvalue weighted by atomic mass is 9.95. The number of para-hydroxylation sites is 1. The maximum atomic E-state index is 13.5. The highest BCUT2D eigenvalue weighted by Gasteiger charge is 2.33. The Labute approximate surface area is 199 Å². The van der Waals surface area contributed by atoms with Crippen LogP contribution in [0.2, 0.25) is 0 Å². The van der Waals surface area contributed by atoms with Crippen LogP contribution in [0.5, 0.6) is 11.5 Å². The summed E-state index contributed by atoms with van der Waals surface area (Å²) in [6.45, 7) is 3.50. The van der Waals surface area contributed by atoms with E-state index in [0.29, 0.717) is 22.4 Å². The number of halogens is 3. The Bertz CT molecular complexity index is 1370. The maximum absolute atomic E-state index is 13.5. The molecule has 0 aliphatic heterocycles. The van der Waals surface area contributed by atoms with Crippen LogP contribution < -0.4 is 9.47 Å². The molecule has 1 heterocycles. The van der Waals surface area contributed by atoms with Crippen molar-refractivity contribution in [3.63, 3.8) is 0 Å². The summed E-state index contributed by atoms with van der Waals surface area (Å²) in [6.07, 6.45) is -4.01. The van der Waals surface area contributed by atoms with Crippen molar-refractivity contribution in [2.75, 3.05) is 0 Å². The fraction of sp³-hybridized carbons (Fsp3) is 0.185. The van der Waals surface area contributed by atoms with Crippen molar-refractivity contribution in [3.05, 3.63) is 89.6 Å². The first-order valence-corrected chi connectivity index (χ1v) is 10.8. The van der Waals surface area contributed by atoms with Crippen LogP contribution >= 0.6 is 0 Å². The van der Waals surface area contributed by atoms with Crippen molar-refractivity contribution in [2.24, 2.45) is 0 Å². The number of fused-ring (bicyclic) bond motifs is 1. The van der Waals surface area contributed by atoms with E-state index in [-0.39, 0.29) is 12.1 Å². The van der Waals surface area contributed by atoms with Gasteiger partial charge in [0.15, 0.2) is 6.10 Å². The number of benzene rings is 3. The molecule has 0 radical (unpaired) electrons. The monoisotopic (exact) mass is 481 g/mol. The van der Waals surface area contributed by atoms with E-state index in [0.717, 1.165) is 22.8 Å². The van der Waals surface area contributed by atoms with Crippen molar-refractivity contribution in [1.82, 2.24) is 4.98 Å². The number of ether oxygens (including phenoxy) is 2. The largest absolute Gasteiger partial charge is 0.489 e. The zero-order valence-corrected chi connectivity index (χ0v) is 19.0. The van der Waals surface area contributed by atoms with E-state index in [1.165, 1.54) is 19.2 Å². The Morgan fingerprint density at radius 1 is 1.03 bits per heavy atom. The third-order valence-electron chi connectivity index (χ3n) is 5.50. The zero-order valence-electron chi connectivity index (χ0n) is 19.0. The highest BCUT2D eigenvalue weighted by Crippen LogP contribution is 2.38. The normalized spacial score (nSPS) is 12.4. The molecular weight excluding hydrogens is 459 g/mol. The average Bonchev–Trinajstić information content (AvgIpc) is 2.82. The fourth-order valence-electron chi connectivity index (χ4n) is 3.76. The molecule has 180 valence electrons. The second kappa shape index (κ2) is 9.66. The third kappa shape index (κ3) is 5.37. The van der Waals surface area contributed by atoms with E-state index in [1.807, 2.05) is 13.0 Å². The van der Waals surface area contributed by atoms with Gasteiger partial charge in [0, 0.05) is 11.6 Å². The smallest absolute Gasteiger partial charge is 0.418 e. The first kappa shape index (κ1) is 24.1. The van der Waals surface area contributed by atoms with E-state index in [1.54, 1.807) is 48.5 Å². The van der Waals surface area contributed by atoms with Crippen LogP contribution in [0.4, 0.5) is 13.2 Å². The number of pyridine rings is 1. The molecule has 35 heavy (non-hydrogen) atoms. The van der Waals surface area contributed by atoms with Crippen LogP contribution in [0.15, 0.2) is 72.9 Å². The van der Waals surface area contributed by atoms with Gasteiger partial charge in [-0.15, -0.1) is 0 Å². The first-order chi connectivity index (χ1) is 16.6. The molecule has 4 rings (SSSR count). The number of aromatic nitrogens is 1. The highest BCUT2D eigenvalue weighted by molar-refractivity contribution is 5.97. The molecule has 3 aromatic carbocycles. The van der Waals surface area contributed by atoms with Crippen LogP contribution in [0, 0.1) is 6.92 Å². The summed E-state index contributed by atoms with van der Waals surface area (Å²) in [4.78, 5) is 15.0. The standard InChI is InChI=1S/C27H22F3NO4/c1-16-14-31-25-22(7-4-8-23(25)27(28,29)30)24(16)19-5-3-6-21(13-19)34-15-18-9-11-20(12-10-18)35-17(2)26(32)33/h3-14,17H,15H2,1-2H3,(H,32,33). The molecule has 1 unspecified atom stereocenters. The molecule has 1 aromatic heterocycles. The highest BCUT2D eigenvalue weighted by atomic mass is 19.4. The van der Waals surface area contributed by atoms with Gasteiger partial charge < -0.3 is 14.6 Å². The summed E-state index contributed by atoms with van der Waals surface area (Å²) >= 11 is 0. The SMILES string of the molecule is Cc1cnc2c(C(F)(F)F)cccc2c1-c1cccc(OCc2ccc(OC(C)C(=O)O)cc2)c1. The van der Waals surface area contributed by atoms with Crippen LogP contribution in [0.1, 0.15) is 23.6 Å². The van der Waals surface area contributed by atoms with Gasteiger partial charge in [-0.2, -0.15) is 13.2 Å². The molecule has 0 fully saturated rings. The predicted molar refractivity (Wildman–Crippen MR) is 125 cm³/mol. The summed E-state index contributed by atoms with van der Waals surface area (Å²) < 4.78 is 51.8. The Morgan fingerprint density at radius 2 is 1.74 bits per heavy atom. The summed E-state index contributed by atoms with van der Waals surface area (Å²) in [7, 11) is 0. The third-order valence-corrected chi connectivity index (χ3v) is 5.50. The summed E-state index contributed by atoms with van der Waals surface area (Å²) in [5, 5.41) is 9.36. The minimum atomic E-state index is -4.50. The van der Waals surface area contributed by atoms with Crippen LogP contribution in [0.25, 0.3) is 22.0 Å². The molecule has 0 spiro atoms. The first-order valence-electron chi connectivity index (χ1n) is 10.8. The number of carbonyl (C=O) groups is 1. The van der Waals surface area contributed by atoms with Gasteiger partial charge in [-0.1, -0.05) is 36.4 Å². The van der Waals surface area contributed by atoms with E-state index >= 15 is 0 Å². The Balaban J connectivity index is 1.57. The molecule has 1 atom stereocenters. The van der Waals surface area contributed by atoms with Gasteiger partial charge in [-0.05, 0) is 66.4 Å². The molecular formula is C27H22F3NO4. The van der Waals surface area contributed by atoms with E-state index < -0.39 is 23.8 Å². The lowest BCUT2D eigenvalue weighted by molar-refractivity contribution is -0.144. The minimum Gasteiger partial charge on any atom is -0.489 e. The number of alkyl halides is 3. The topological polar surface area (TPSA) is 68.7 Å². The van der Waals surface area contributed by atoms with Gasteiger partial charge >= 0.3 is 12.1 Å². The molecule has 1 N–H and O–H groups in total. The van der Waals surface area contributed by atoms with Crippen LogP contribution in [0.3, 0.4) is 0 Å². The molecule has 8 heteroatoms. The second-order valence-corrected chi connectivity index (χ2v) is 8.07. The van der Waals surface area contributed by atoms with Crippen molar-refractivity contribution in [1.29, 1.82) is 0 Å². The van der Waals surface area contributed by atoms with Crippen molar-refractivity contribution in [2.45, 2.75) is 32.7 Å². The average molecular weight is 481 g/mol. The van der Waals surface area contributed by atoms with Crippen LogP contribution in [-0.4, -0.2) is 22.2 Å². The minimum absolute atomic E-state index is 0.0913. The van der Waals surface area contributed by atoms with Gasteiger partial charge in [0.1, 0.15) is 18.1 Å². The molecule has 0 amide bonds. The molecule has 0 saturated carbocycles. The number of carboxylic acids is 1. The number of hydrogen-bond acceptors (Lipinski definition) is 4. The number of carboxylic acid groups (broad SMARTS) is 1. The number of rotatable bonds is 7. The number of hydrogen-bond donors (Lipinski definition) is 1. The molecule has 0 aliphatic carbocycles. The molecule has 4 aromatic rings. The molecule has 0 aliphatic rings. The molecule has 5 nitrogen and oxygen atoms in total. The van der Waals surface area contributed by atoms with Gasteiger partial charge in [0.2, 0.25) is 0 Å². The fourth-order valence-corrected chi connectivity index (χ4v) is 3.76. The van der Waals surface area contributed by atoms with Crippen LogP contribution in [-0.2, 0) is 17.6 Å². The van der Waals surface area contributed by atoms with E-state index in [2.05, 4.69) is 4.98 Å². The maximum Gasteiger partial charge on any atom is 0.418 e. The summed E-state index contributed by atoms with van der Waals surface area (Å²) in [5.41, 5.74) is 2.12. The Kier molecular flexibility index (Phi) is 6.64. The second-order valence-electron chi connectivity index (χ2n) is 8.07. The predicted octanol–water partition coefficient (Wildman–Crippen LogP) is 6.66. The van der Waals surface area contributed by atoms with E-state index in [4.69, 9.17) is 14.6 Å².